The smallest absolute Gasteiger partial charge is 0.136 e. The fourth-order valence-corrected chi connectivity index (χ4v) is 5.34. The van der Waals surface area contributed by atoms with E-state index in [1.807, 2.05) is 11.3 Å². The normalized spacial score (nSPS) is 25.4. The molecule has 2 aliphatic carbocycles. The van der Waals surface area contributed by atoms with E-state index in [0.717, 1.165) is 28.8 Å². The molecule has 0 radical (unpaired) electrons. The van der Waals surface area contributed by atoms with Crippen LogP contribution >= 0.6 is 11.3 Å². The summed E-state index contributed by atoms with van der Waals surface area (Å²) in [6.07, 6.45) is 10.0. The van der Waals surface area contributed by atoms with Gasteiger partial charge in [-0.25, -0.2) is 9.97 Å². The fraction of sp³-hybridized carbons (Fsp3) is 0.647. The van der Waals surface area contributed by atoms with Crippen LogP contribution in [-0.2, 0) is 12.8 Å². The Morgan fingerprint density at radius 2 is 2.05 bits per heavy atom. The third-order valence-electron chi connectivity index (χ3n) is 5.34. The van der Waals surface area contributed by atoms with Gasteiger partial charge in [0, 0.05) is 10.8 Å². The van der Waals surface area contributed by atoms with Crippen molar-refractivity contribution in [1.82, 2.24) is 9.97 Å². The van der Waals surface area contributed by atoms with Gasteiger partial charge in [-0.15, -0.1) is 11.3 Å². The van der Waals surface area contributed by atoms with Crippen LogP contribution in [0.25, 0.3) is 10.2 Å². The number of anilines is 1. The Hall–Kier alpha value is -1.16. The van der Waals surface area contributed by atoms with Crippen LogP contribution in [0.2, 0.25) is 0 Å². The zero-order valence-corrected chi connectivity index (χ0v) is 13.5. The van der Waals surface area contributed by atoms with Crippen LogP contribution in [0, 0.1) is 5.92 Å². The first-order valence-electron chi connectivity index (χ1n) is 8.34. The van der Waals surface area contributed by atoms with Crippen LogP contribution in [0.15, 0.2) is 0 Å². The van der Waals surface area contributed by atoms with Gasteiger partial charge < -0.3 is 5.73 Å². The van der Waals surface area contributed by atoms with Gasteiger partial charge in [0.05, 0.1) is 5.39 Å². The third-order valence-corrected chi connectivity index (χ3v) is 6.53. The van der Waals surface area contributed by atoms with E-state index >= 15 is 0 Å². The highest BCUT2D eigenvalue weighted by Crippen LogP contribution is 2.42. The molecule has 2 aromatic heterocycles. The first kappa shape index (κ1) is 13.5. The molecule has 3 nitrogen and oxygen atoms in total. The van der Waals surface area contributed by atoms with Crippen molar-refractivity contribution in [3.63, 3.8) is 0 Å². The van der Waals surface area contributed by atoms with Crippen molar-refractivity contribution >= 4 is 27.4 Å². The maximum absolute atomic E-state index is 6.32. The first-order chi connectivity index (χ1) is 10.3. The molecule has 2 atom stereocenters. The second kappa shape index (κ2) is 5.24. The molecular formula is C17H23N3S. The molecule has 0 aliphatic heterocycles. The molecule has 112 valence electrons. The molecule has 0 saturated heterocycles. The van der Waals surface area contributed by atoms with E-state index in [-0.39, 0.29) is 0 Å². The van der Waals surface area contributed by atoms with Gasteiger partial charge >= 0.3 is 0 Å². The van der Waals surface area contributed by atoms with E-state index < -0.39 is 0 Å². The zero-order chi connectivity index (χ0) is 14.4. The summed E-state index contributed by atoms with van der Waals surface area (Å²) >= 11 is 1.86. The van der Waals surface area contributed by atoms with Gasteiger partial charge in [0.25, 0.3) is 0 Å². The summed E-state index contributed by atoms with van der Waals surface area (Å²) in [5.41, 5.74) is 7.76. The average Bonchev–Trinajstić information content (AvgIpc) is 3.11. The van der Waals surface area contributed by atoms with E-state index in [9.17, 15) is 0 Å². The minimum atomic E-state index is 0.528. The highest BCUT2D eigenvalue weighted by Gasteiger charge is 2.28. The van der Waals surface area contributed by atoms with Crippen LogP contribution in [0.3, 0.4) is 0 Å². The van der Waals surface area contributed by atoms with Crippen molar-refractivity contribution in [3.05, 3.63) is 16.3 Å². The Balaban J connectivity index is 1.76. The van der Waals surface area contributed by atoms with E-state index in [4.69, 9.17) is 15.7 Å². The Bertz CT molecular complexity index is 676. The Morgan fingerprint density at radius 3 is 2.86 bits per heavy atom. The summed E-state index contributed by atoms with van der Waals surface area (Å²) in [5.74, 6) is 3.12. The molecule has 2 unspecified atom stereocenters. The number of rotatable bonds is 2. The summed E-state index contributed by atoms with van der Waals surface area (Å²) in [7, 11) is 0. The third kappa shape index (κ3) is 2.24. The van der Waals surface area contributed by atoms with Gasteiger partial charge in [-0.2, -0.15) is 0 Å². The molecule has 2 N–H and O–H groups in total. The summed E-state index contributed by atoms with van der Waals surface area (Å²) < 4.78 is 0. The number of hydrogen-bond acceptors (Lipinski definition) is 4. The Labute approximate surface area is 130 Å². The number of nitrogens with two attached hydrogens (primary N) is 1. The summed E-state index contributed by atoms with van der Waals surface area (Å²) in [6, 6.07) is 0. The summed E-state index contributed by atoms with van der Waals surface area (Å²) in [6.45, 7) is 2.29. The molecule has 4 rings (SSSR count). The van der Waals surface area contributed by atoms with Crippen LogP contribution in [0.4, 0.5) is 5.82 Å². The van der Waals surface area contributed by atoms with E-state index in [1.165, 1.54) is 60.8 Å². The largest absolute Gasteiger partial charge is 0.383 e. The fourth-order valence-electron chi connectivity index (χ4n) is 4.07. The Morgan fingerprint density at radius 1 is 1.19 bits per heavy atom. The van der Waals surface area contributed by atoms with Crippen LogP contribution in [0.5, 0.6) is 0 Å². The minimum Gasteiger partial charge on any atom is -0.383 e. The lowest BCUT2D eigenvalue weighted by Crippen LogP contribution is -2.05. The molecule has 0 amide bonds. The van der Waals surface area contributed by atoms with Gasteiger partial charge in [0.1, 0.15) is 16.5 Å². The second-order valence-corrected chi connectivity index (χ2v) is 7.73. The molecular weight excluding hydrogens is 278 g/mol. The highest BCUT2D eigenvalue weighted by atomic mass is 32.1. The summed E-state index contributed by atoms with van der Waals surface area (Å²) in [4.78, 5) is 12.3. The van der Waals surface area contributed by atoms with Crippen LogP contribution < -0.4 is 5.73 Å². The van der Waals surface area contributed by atoms with Gasteiger partial charge in [-0.3, -0.25) is 0 Å². The molecule has 4 heteroatoms. The number of aromatic nitrogens is 2. The number of thiophene rings is 1. The van der Waals surface area contributed by atoms with Gasteiger partial charge in [-0.1, -0.05) is 13.3 Å². The van der Waals surface area contributed by atoms with E-state index in [1.54, 1.807) is 0 Å². The minimum absolute atomic E-state index is 0.528. The zero-order valence-electron chi connectivity index (χ0n) is 12.7. The maximum Gasteiger partial charge on any atom is 0.136 e. The highest BCUT2D eigenvalue weighted by molar-refractivity contribution is 7.19. The lowest BCUT2D eigenvalue weighted by molar-refractivity contribution is 0.517. The summed E-state index contributed by atoms with van der Waals surface area (Å²) in [5, 5.41) is 1.17. The standard InChI is InChI=1S/C17H23N3S/c1-2-10-7-8-11(9-10)16-19-15(18)14-12-5-3-4-6-13(12)21-17(14)20-16/h10-11H,2-9H2,1H3,(H2,18,19,20). The first-order valence-corrected chi connectivity index (χ1v) is 9.15. The molecule has 0 bridgehead atoms. The molecule has 1 saturated carbocycles. The molecule has 21 heavy (non-hydrogen) atoms. The van der Waals surface area contributed by atoms with Crippen molar-refractivity contribution in [1.29, 1.82) is 0 Å². The quantitative estimate of drug-likeness (QED) is 0.891. The second-order valence-electron chi connectivity index (χ2n) is 6.64. The predicted molar refractivity (Wildman–Crippen MR) is 88.8 cm³/mol. The number of nitrogens with zero attached hydrogens (tertiary/aromatic N) is 2. The molecule has 2 aromatic rings. The van der Waals surface area contributed by atoms with Crippen molar-refractivity contribution < 1.29 is 0 Å². The number of hydrogen-bond donors (Lipinski definition) is 1. The van der Waals surface area contributed by atoms with Gasteiger partial charge in [0.15, 0.2) is 0 Å². The van der Waals surface area contributed by atoms with Gasteiger partial charge in [-0.05, 0) is 56.4 Å². The molecule has 1 fully saturated rings. The van der Waals surface area contributed by atoms with Crippen molar-refractivity contribution in [3.8, 4) is 0 Å². The number of fused-ring (bicyclic) bond motifs is 3. The monoisotopic (exact) mass is 301 g/mol. The van der Waals surface area contributed by atoms with Crippen LogP contribution in [0.1, 0.15) is 67.6 Å². The number of nitrogen functional groups attached to an aromatic ring is 1. The Kier molecular flexibility index (Phi) is 3.37. The van der Waals surface area contributed by atoms with E-state index in [0.29, 0.717) is 5.92 Å². The van der Waals surface area contributed by atoms with Crippen molar-refractivity contribution in [2.24, 2.45) is 5.92 Å². The predicted octanol–water partition coefficient (Wildman–Crippen LogP) is 4.45. The molecule has 2 heterocycles. The number of aryl methyl sites for hydroxylation is 2. The average molecular weight is 301 g/mol. The molecule has 0 aromatic carbocycles. The maximum atomic E-state index is 6.32. The van der Waals surface area contributed by atoms with Gasteiger partial charge in [0.2, 0.25) is 0 Å². The van der Waals surface area contributed by atoms with Crippen molar-refractivity contribution in [2.75, 3.05) is 5.73 Å². The molecule has 2 aliphatic rings. The SMILES string of the molecule is CCC1CCC(c2nc(N)c3c4c(sc3n2)CCCC4)C1. The lowest BCUT2D eigenvalue weighted by atomic mass is 9.97. The lowest BCUT2D eigenvalue weighted by Gasteiger charge is -2.12. The van der Waals surface area contributed by atoms with Crippen molar-refractivity contribution in [2.45, 2.75) is 64.2 Å². The topological polar surface area (TPSA) is 51.8 Å². The molecule has 0 spiro atoms. The van der Waals surface area contributed by atoms with Crippen LogP contribution in [-0.4, -0.2) is 9.97 Å². The van der Waals surface area contributed by atoms with E-state index in [2.05, 4.69) is 6.92 Å².